The van der Waals surface area contributed by atoms with Crippen molar-refractivity contribution in [2.24, 2.45) is 11.3 Å². The number of nitrogens with zero attached hydrogens (tertiary/aromatic N) is 1. The molecule has 0 saturated heterocycles. The fraction of sp³-hybridized carbons (Fsp3) is 0.667. The quantitative estimate of drug-likeness (QED) is 0.884. The molecule has 2 heteroatoms. The molecule has 2 rings (SSSR count). The molecule has 2 unspecified atom stereocenters. The normalized spacial score (nSPS) is 25.3. The maximum Gasteiger partial charge on any atom is 0.0233 e. The minimum atomic E-state index is 0.433. The standard InChI is InChI=1S/C18H30N2/c1-14-8-6-7-9-15(14)12-20(5)13-16-10-11-18(2,3)17(16)19-4/h6-9,16-17,19H,10-13H2,1-5H3. The summed E-state index contributed by atoms with van der Waals surface area (Å²) in [7, 11) is 4.37. The summed E-state index contributed by atoms with van der Waals surface area (Å²) in [6.45, 7) is 9.24. The van der Waals surface area contributed by atoms with Gasteiger partial charge in [0.1, 0.15) is 0 Å². The number of nitrogens with one attached hydrogen (secondary N) is 1. The van der Waals surface area contributed by atoms with Crippen LogP contribution in [0.2, 0.25) is 0 Å². The van der Waals surface area contributed by atoms with Crippen LogP contribution in [0.3, 0.4) is 0 Å². The molecule has 0 amide bonds. The van der Waals surface area contributed by atoms with Crippen LogP contribution in [0.4, 0.5) is 0 Å². The smallest absolute Gasteiger partial charge is 0.0233 e. The molecule has 1 aliphatic carbocycles. The highest BCUT2D eigenvalue weighted by Crippen LogP contribution is 2.41. The first-order chi connectivity index (χ1) is 9.44. The van der Waals surface area contributed by atoms with Crippen molar-refractivity contribution in [3.8, 4) is 0 Å². The molecule has 2 nitrogen and oxygen atoms in total. The summed E-state index contributed by atoms with van der Waals surface area (Å²) < 4.78 is 0. The van der Waals surface area contributed by atoms with Gasteiger partial charge in [0.2, 0.25) is 0 Å². The Morgan fingerprint density at radius 3 is 2.65 bits per heavy atom. The molecule has 0 bridgehead atoms. The van der Waals surface area contributed by atoms with Crippen molar-refractivity contribution in [3.63, 3.8) is 0 Å². The van der Waals surface area contributed by atoms with Gasteiger partial charge >= 0.3 is 0 Å². The zero-order valence-electron chi connectivity index (χ0n) is 13.7. The third kappa shape index (κ3) is 3.42. The molecule has 20 heavy (non-hydrogen) atoms. The first-order valence-electron chi connectivity index (χ1n) is 7.84. The van der Waals surface area contributed by atoms with Crippen molar-refractivity contribution in [3.05, 3.63) is 35.4 Å². The molecule has 1 aromatic carbocycles. The number of hydrogen-bond donors (Lipinski definition) is 1. The van der Waals surface area contributed by atoms with Gasteiger partial charge in [0.15, 0.2) is 0 Å². The number of rotatable bonds is 5. The van der Waals surface area contributed by atoms with Gasteiger partial charge in [-0.2, -0.15) is 0 Å². The lowest BCUT2D eigenvalue weighted by molar-refractivity contribution is 0.207. The topological polar surface area (TPSA) is 15.3 Å². The van der Waals surface area contributed by atoms with E-state index in [2.05, 4.69) is 69.3 Å². The Morgan fingerprint density at radius 2 is 2.00 bits per heavy atom. The first kappa shape index (κ1) is 15.5. The van der Waals surface area contributed by atoms with Gasteiger partial charge < -0.3 is 10.2 Å². The van der Waals surface area contributed by atoms with Crippen molar-refractivity contribution < 1.29 is 0 Å². The molecule has 2 atom stereocenters. The monoisotopic (exact) mass is 274 g/mol. The van der Waals surface area contributed by atoms with Gasteiger partial charge in [0, 0.05) is 19.1 Å². The van der Waals surface area contributed by atoms with Crippen molar-refractivity contribution >= 4 is 0 Å². The van der Waals surface area contributed by atoms with Crippen molar-refractivity contribution in [1.29, 1.82) is 0 Å². The van der Waals surface area contributed by atoms with Crippen LogP contribution in [0, 0.1) is 18.3 Å². The van der Waals surface area contributed by atoms with Crippen LogP contribution in [0.5, 0.6) is 0 Å². The van der Waals surface area contributed by atoms with Crippen LogP contribution in [-0.4, -0.2) is 31.6 Å². The largest absolute Gasteiger partial charge is 0.316 e. The number of hydrogen-bond acceptors (Lipinski definition) is 2. The fourth-order valence-corrected chi connectivity index (χ4v) is 3.88. The van der Waals surface area contributed by atoms with Crippen molar-refractivity contribution in [2.75, 3.05) is 20.6 Å². The van der Waals surface area contributed by atoms with Crippen LogP contribution >= 0.6 is 0 Å². The van der Waals surface area contributed by atoms with Crippen LogP contribution in [0.1, 0.15) is 37.8 Å². The molecular formula is C18H30N2. The SMILES string of the molecule is CNC1C(CN(C)Cc2ccccc2C)CCC1(C)C. The second-order valence-corrected chi connectivity index (χ2v) is 7.18. The summed E-state index contributed by atoms with van der Waals surface area (Å²) in [4.78, 5) is 2.48. The molecule has 1 aliphatic rings. The van der Waals surface area contributed by atoms with E-state index < -0.39 is 0 Å². The summed E-state index contributed by atoms with van der Waals surface area (Å²) in [5.74, 6) is 0.768. The van der Waals surface area contributed by atoms with E-state index in [9.17, 15) is 0 Å². The second-order valence-electron chi connectivity index (χ2n) is 7.18. The van der Waals surface area contributed by atoms with Gasteiger partial charge in [-0.05, 0) is 56.3 Å². The zero-order valence-corrected chi connectivity index (χ0v) is 13.7. The van der Waals surface area contributed by atoms with E-state index in [0.717, 1.165) is 12.5 Å². The van der Waals surface area contributed by atoms with Crippen molar-refractivity contribution in [2.45, 2.75) is 46.2 Å². The predicted molar refractivity (Wildman–Crippen MR) is 86.9 cm³/mol. The number of aryl methyl sites for hydroxylation is 1. The third-order valence-corrected chi connectivity index (χ3v) is 5.03. The second kappa shape index (κ2) is 6.28. The van der Waals surface area contributed by atoms with Gasteiger partial charge in [-0.3, -0.25) is 0 Å². The van der Waals surface area contributed by atoms with E-state index in [1.54, 1.807) is 0 Å². The molecule has 112 valence electrons. The predicted octanol–water partition coefficient (Wildman–Crippen LogP) is 3.45. The average molecular weight is 274 g/mol. The van der Waals surface area contributed by atoms with E-state index in [0.29, 0.717) is 11.5 Å². The van der Waals surface area contributed by atoms with E-state index in [1.807, 2.05) is 0 Å². The maximum absolute atomic E-state index is 3.56. The van der Waals surface area contributed by atoms with Gasteiger partial charge in [-0.1, -0.05) is 38.1 Å². The van der Waals surface area contributed by atoms with E-state index >= 15 is 0 Å². The Hall–Kier alpha value is -0.860. The highest BCUT2D eigenvalue weighted by molar-refractivity contribution is 5.25. The van der Waals surface area contributed by atoms with E-state index in [1.165, 1.54) is 30.5 Å². The lowest BCUT2D eigenvalue weighted by atomic mass is 9.85. The summed E-state index contributed by atoms with van der Waals surface area (Å²) in [6.07, 6.45) is 2.68. The van der Waals surface area contributed by atoms with Gasteiger partial charge in [0.05, 0.1) is 0 Å². The van der Waals surface area contributed by atoms with E-state index in [4.69, 9.17) is 0 Å². The Morgan fingerprint density at radius 1 is 1.30 bits per heavy atom. The minimum absolute atomic E-state index is 0.433. The molecular weight excluding hydrogens is 244 g/mol. The molecule has 1 N–H and O–H groups in total. The Bertz CT molecular complexity index is 439. The molecule has 0 aromatic heterocycles. The Balaban J connectivity index is 1.95. The molecule has 1 fully saturated rings. The van der Waals surface area contributed by atoms with Crippen LogP contribution < -0.4 is 5.32 Å². The molecule has 1 aromatic rings. The number of benzene rings is 1. The molecule has 0 heterocycles. The molecule has 0 aliphatic heterocycles. The highest BCUT2D eigenvalue weighted by atomic mass is 15.1. The molecule has 0 radical (unpaired) electrons. The lowest BCUT2D eigenvalue weighted by Gasteiger charge is -2.32. The van der Waals surface area contributed by atoms with Crippen LogP contribution in [-0.2, 0) is 6.54 Å². The van der Waals surface area contributed by atoms with Gasteiger partial charge in [-0.25, -0.2) is 0 Å². The molecule has 1 saturated carbocycles. The van der Waals surface area contributed by atoms with Crippen LogP contribution in [0.15, 0.2) is 24.3 Å². The first-order valence-corrected chi connectivity index (χ1v) is 7.84. The van der Waals surface area contributed by atoms with Crippen molar-refractivity contribution in [1.82, 2.24) is 10.2 Å². The highest BCUT2D eigenvalue weighted by Gasteiger charge is 2.40. The van der Waals surface area contributed by atoms with E-state index in [-0.39, 0.29) is 0 Å². The fourth-order valence-electron chi connectivity index (χ4n) is 3.88. The molecule has 0 spiro atoms. The summed E-state index contributed by atoms with van der Waals surface area (Å²) >= 11 is 0. The lowest BCUT2D eigenvalue weighted by Crippen LogP contribution is -2.43. The third-order valence-electron chi connectivity index (χ3n) is 5.03. The average Bonchev–Trinajstić information content (AvgIpc) is 2.66. The Kier molecular flexibility index (Phi) is 4.87. The van der Waals surface area contributed by atoms with Gasteiger partial charge in [-0.15, -0.1) is 0 Å². The summed E-state index contributed by atoms with van der Waals surface area (Å²) in [5, 5.41) is 3.56. The van der Waals surface area contributed by atoms with Crippen LogP contribution in [0.25, 0.3) is 0 Å². The minimum Gasteiger partial charge on any atom is -0.316 e. The maximum atomic E-state index is 3.56. The summed E-state index contributed by atoms with van der Waals surface area (Å²) in [5.41, 5.74) is 3.28. The van der Waals surface area contributed by atoms with Gasteiger partial charge in [0.25, 0.3) is 0 Å². The zero-order chi connectivity index (χ0) is 14.8. The Labute approximate surface area is 124 Å². The summed E-state index contributed by atoms with van der Waals surface area (Å²) in [6, 6.07) is 9.36.